The van der Waals surface area contributed by atoms with Crippen LogP contribution in [-0.4, -0.2) is 41.4 Å². The van der Waals surface area contributed by atoms with Gasteiger partial charge >= 0.3 is 0 Å². The maximum atomic E-state index is 14.6. The molecule has 0 bridgehead atoms. The van der Waals surface area contributed by atoms with Crippen molar-refractivity contribution >= 4 is 10.9 Å². The molecule has 7 aromatic carbocycles. The lowest BCUT2D eigenvalue weighted by atomic mass is 9.77. The van der Waals surface area contributed by atoms with Crippen molar-refractivity contribution in [2.45, 2.75) is 63.3 Å². The Kier molecular flexibility index (Phi) is 10.8. The van der Waals surface area contributed by atoms with E-state index in [9.17, 15) is 4.79 Å². The van der Waals surface area contributed by atoms with Gasteiger partial charge in [0.2, 0.25) is 0 Å². The van der Waals surface area contributed by atoms with Gasteiger partial charge in [-0.05, 0) is 85.5 Å². The zero-order chi connectivity index (χ0) is 43.7. The molecule has 0 radical (unpaired) electrons. The van der Waals surface area contributed by atoms with Gasteiger partial charge in [0.1, 0.15) is 17.5 Å². The van der Waals surface area contributed by atoms with Crippen LogP contribution >= 0.6 is 0 Å². The summed E-state index contributed by atoms with van der Waals surface area (Å²) in [7, 11) is 0. The van der Waals surface area contributed by atoms with Crippen LogP contribution in [0.25, 0.3) is 33.4 Å². The molecule has 11 rings (SSSR count). The van der Waals surface area contributed by atoms with Crippen molar-refractivity contribution in [1.29, 1.82) is 0 Å². The van der Waals surface area contributed by atoms with Gasteiger partial charge in [-0.25, -0.2) is 9.67 Å². The lowest BCUT2D eigenvalue weighted by Gasteiger charge is -2.36. The Hall–Kier alpha value is -7.33. The molecule has 0 N–H and O–H groups in total. The van der Waals surface area contributed by atoms with E-state index in [2.05, 4.69) is 163 Å². The SMILES string of the molecule is CCCCc1nc2ccc([C@H]3C[C@@H]4c5ccccc5CCN4O3)cc2c(=O)n1Cc1ccc(-c2ccccc2-c2nnnn2C(c2ccccc2)(c2ccccc2)c2ccccc2)cc1. The van der Waals surface area contributed by atoms with Crippen molar-refractivity contribution < 1.29 is 4.84 Å². The summed E-state index contributed by atoms with van der Waals surface area (Å²) < 4.78 is 3.86. The van der Waals surface area contributed by atoms with Gasteiger partial charge in [-0.3, -0.25) is 14.2 Å². The van der Waals surface area contributed by atoms with E-state index in [1.54, 1.807) is 0 Å². The van der Waals surface area contributed by atoms with Gasteiger partial charge in [-0.2, -0.15) is 5.06 Å². The molecule has 2 atom stereocenters. The summed E-state index contributed by atoms with van der Waals surface area (Å²) in [4.78, 5) is 26.3. The molecule has 1 fully saturated rings. The molecule has 0 saturated carbocycles. The topological polar surface area (TPSA) is 91.0 Å². The number of nitrogens with zero attached hydrogens (tertiary/aromatic N) is 7. The average molecular weight is 852 g/mol. The molecule has 9 aromatic rings. The van der Waals surface area contributed by atoms with Crippen LogP contribution in [0.5, 0.6) is 0 Å². The Balaban J connectivity index is 0.941. The second-order valence-electron chi connectivity index (χ2n) is 17.2. The summed E-state index contributed by atoms with van der Waals surface area (Å²) in [5.74, 6) is 1.45. The van der Waals surface area contributed by atoms with Crippen molar-refractivity contribution in [2.75, 3.05) is 6.54 Å². The molecular formula is C56H49N7O2. The zero-order valence-electron chi connectivity index (χ0n) is 36.4. The van der Waals surface area contributed by atoms with Crippen LogP contribution in [0.1, 0.15) is 83.1 Å². The van der Waals surface area contributed by atoms with Gasteiger partial charge in [0.25, 0.3) is 5.56 Å². The second kappa shape index (κ2) is 17.3. The lowest BCUT2D eigenvalue weighted by molar-refractivity contribution is -0.167. The summed E-state index contributed by atoms with van der Waals surface area (Å²) in [5, 5.41) is 16.7. The Morgan fingerprint density at radius 2 is 1.35 bits per heavy atom. The summed E-state index contributed by atoms with van der Waals surface area (Å²) in [6.45, 7) is 3.44. The van der Waals surface area contributed by atoms with Gasteiger partial charge in [0.15, 0.2) is 5.82 Å². The van der Waals surface area contributed by atoms with E-state index in [4.69, 9.17) is 20.1 Å². The molecule has 0 unspecified atom stereocenters. The predicted molar refractivity (Wildman–Crippen MR) is 255 cm³/mol. The normalized spacial score (nSPS) is 16.1. The molecule has 320 valence electrons. The first kappa shape index (κ1) is 40.4. The van der Waals surface area contributed by atoms with Crippen LogP contribution < -0.4 is 5.56 Å². The fourth-order valence-corrected chi connectivity index (χ4v) is 10.2. The third-order valence-corrected chi connectivity index (χ3v) is 13.4. The molecule has 0 aliphatic carbocycles. The molecule has 0 spiro atoms. The Labute approximate surface area is 378 Å². The summed E-state index contributed by atoms with van der Waals surface area (Å²) in [5.41, 5.74) is 10.6. The molecule has 4 heterocycles. The number of hydrogen-bond donors (Lipinski definition) is 0. The van der Waals surface area contributed by atoms with Crippen LogP contribution in [0.15, 0.2) is 187 Å². The van der Waals surface area contributed by atoms with Crippen molar-refractivity contribution in [3.05, 3.63) is 237 Å². The van der Waals surface area contributed by atoms with Gasteiger partial charge in [-0.1, -0.05) is 183 Å². The largest absolute Gasteiger partial charge is 0.292 e. The number of aromatic nitrogens is 6. The molecule has 2 aliphatic heterocycles. The maximum Gasteiger partial charge on any atom is 0.261 e. The number of hydrogen-bond acceptors (Lipinski definition) is 7. The number of benzene rings is 7. The van der Waals surface area contributed by atoms with Crippen molar-refractivity contribution in [2.24, 2.45) is 0 Å². The Bertz CT molecular complexity index is 3070. The minimum atomic E-state index is -0.885. The maximum absolute atomic E-state index is 14.6. The molecule has 2 aliphatic rings. The third kappa shape index (κ3) is 7.27. The highest BCUT2D eigenvalue weighted by atomic mass is 16.7. The molecule has 2 aromatic heterocycles. The number of rotatable bonds is 12. The molecule has 9 nitrogen and oxygen atoms in total. The molecule has 65 heavy (non-hydrogen) atoms. The molecule has 9 heteroatoms. The fraction of sp³-hybridized carbons (Fsp3) is 0.196. The number of aryl methyl sites for hydroxylation is 1. The van der Waals surface area contributed by atoms with Crippen LogP contribution in [-0.2, 0) is 29.8 Å². The van der Waals surface area contributed by atoms with Gasteiger partial charge in [0, 0.05) is 24.9 Å². The van der Waals surface area contributed by atoms with Gasteiger partial charge < -0.3 is 0 Å². The van der Waals surface area contributed by atoms with E-state index in [-0.39, 0.29) is 17.7 Å². The van der Waals surface area contributed by atoms with Crippen molar-refractivity contribution in [3.8, 4) is 22.5 Å². The number of tetrazole rings is 1. The van der Waals surface area contributed by atoms with E-state index in [1.807, 2.05) is 45.6 Å². The van der Waals surface area contributed by atoms with Gasteiger partial charge in [-0.15, -0.1) is 5.10 Å². The van der Waals surface area contributed by atoms with E-state index >= 15 is 0 Å². The summed E-state index contributed by atoms with van der Waals surface area (Å²) in [6.07, 6.45) is 4.36. The molecule has 1 saturated heterocycles. The predicted octanol–water partition coefficient (Wildman–Crippen LogP) is 10.9. The third-order valence-electron chi connectivity index (χ3n) is 13.4. The summed E-state index contributed by atoms with van der Waals surface area (Å²) >= 11 is 0. The van der Waals surface area contributed by atoms with E-state index in [0.717, 1.165) is 94.5 Å². The van der Waals surface area contributed by atoms with E-state index < -0.39 is 5.54 Å². The first-order chi connectivity index (χ1) is 32.1. The first-order valence-electron chi connectivity index (χ1n) is 22.8. The van der Waals surface area contributed by atoms with E-state index in [1.165, 1.54) is 11.1 Å². The van der Waals surface area contributed by atoms with Crippen LogP contribution in [0.2, 0.25) is 0 Å². The van der Waals surface area contributed by atoms with Crippen LogP contribution in [0.3, 0.4) is 0 Å². The average Bonchev–Trinajstić information content (AvgIpc) is 4.05. The first-order valence-corrected chi connectivity index (χ1v) is 22.8. The van der Waals surface area contributed by atoms with Gasteiger partial charge in [0.05, 0.1) is 23.5 Å². The minimum absolute atomic E-state index is 0.0241. The van der Waals surface area contributed by atoms with Crippen molar-refractivity contribution in [1.82, 2.24) is 34.8 Å². The number of unbranched alkanes of at least 4 members (excludes halogenated alkanes) is 1. The highest BCUT2D eigenvalue weighted by molar-refractivity contribution is 5.81. The number of fused-ring (bicyclic) bond motifs is 4. The Morgan fingerprint density at radius 1 is 0.708 bits per heavy atom. The number of hydroxylamine groups is 2. The standard InChI is InChI=1S/C56H49N7O2/c1-2-3-27-53-57-50-33-32-42(52-37-51-47-25-14-13-17-40(47)34-35-62(51)65-52)36-49(50)55(64)61(53)38-39-28-30-41(31-29-39)46-24-15-16-26-48(46)54-58-59-60-63(54)56(43-18-7-4-8-19-43,44-20-9-5-10-21-44)45-22-11-6-12-23-45/h4-26,28-33,36,51-52H,2-3,27,34-35,37-38H2,1H3/t51-,52-/m1/s1. The second-order valence-corrected chi connectivity index (χ2v) is 17.2. The molecular weight excluding hydrogens is 803 g/mol. The van der Waals surface area contributed by atoms with E-state index in [0.29, 0.717) is 17.8 Å². The quantitative estimate of drug-likeness (QED) is 0.113. The smallest absolute Gasteiger partial charge is 0.261 e. The van der Waals surface area contributed by atoms with Crippen LogP contribution in [0, 0.1) is 0 Å². The summed E-state index contributed by atoms with van der Waals surface area (Å²) in [6, 6.07) is 63.2. The lowest BCUT2D eigenvalue weighted by Crippen LogP contribution is -2.39. The Morgan fingerprint density at radius 3 is 2.05 bits per heavy atom. The minimum Gasteiger partial charge on any atom is -0.292 e. The monoisotopic (exact) mass is 851 g/mol. The van der Waals surface area contributed by atoms with Crippen molar-refractivity contribution in [3.63, 3.8) is 0 Å². The zero-order valence-corrected chi connectivity index (χ0v) is 36.4. The highest BCUT2D eigenvalue weighted by Crippen LogP contribution is 2.46. The fourth-order valence-electron chi connectivity index (χ4n) is 10.2. The van der Waals surface area contributed by atoms with Crippen LogP contribution in [0.4, 0.5) is 0 Å². The molecule has 0 amide bonds. The highest BCUT2D eigenvalue weighted by Gasteiger charge is 2.42.